The van der Waals surface area contributed by atoms with E-state index in [0.29, 0.717) is 10.0 Å². The molecular weight excluding hydrogens is 333 g/mol. The summed E-state index contributed by atoms with van der Waals surface area (Å²) in [6.07, 6.45) is -2.64. The molecule has 1 heterocycles. The zero-order chi connectivity index (χ0) is 14.8. The smallest absolute Gasteiger partial charge is 0.314 e. The second-order valence-corrected chi connectivity index (χ2v) is 5.65. The zero-order valence-electron chi connectivity index (χ0n) is 10.9. The van der Waals surface area contributed by atoms with E-state index in [2.05, 4.69) is 32.7 Å². The van der Waals surface area contributed by atoms with Crippen LogP contribution in [0.4, 0.5) is 13.2 Å². The van der Waals surface area contributed by atoms with Gasteiger partial charge < -0.3 is 5.32 Å². The lowest BCUT2D eigenvalue weighted by molar-refractivity contribution is -0.137. The first-order chi connectivity index (χ1) is 9.41. The zero-order valence-corrected chi connectivity index (χ0v) is 12.5. The molecule has 20 heavy (non-hydrogen) atoms. The van der Waals surface area contributed by atoms with Crippen molar-refractivity contribution in [3.8, 4) is 0 Å². The van der Waals surface area contributed by atoms with Crippen LogP contribution in [0.15, 0.2) is 35.3 Å². The molecule has 2 nitrogen and oxygen atoms in total. The molecule has 0 aliphatic carbocycles. The van der Waals surface area contributed by atoms with Gasteiger partial charge >= 0.3 is 6.18 Å². The molecule has 1 N–H and O–H groups in total. The summed E-state index contributed by atoms with van der Waals surface area (Å²) in [5.74, 6) is 0. The van der Waals surface area contributed by atoms with E-state index in [9.17, 15) is 13.2 Å². The van der Waals surface area contributed by atoms with E-state index in [0.717, 1.165) is 32.2 Å². The van der Waals surface area contributed by atoms with Gasteiger partial charge in [0.1, 0.15) is 0 Å². The van der Waals surface area contributed by atoms with Crippen molar-refractivity contribution in [2.75, 3.05) is 26.2 Å². The lowest BCUT2D eigenvalue weighted by atomic mass is 10.0. The molecule has 0 unspecified atom stereocenters. The van der Waals surface area contributed by atoms with Crippen LogP contribution in [0.1, 0.15) is 17.2 Å². The summed E-state index contributed by atoms with van der Waals surface area (Å²) in [7, 11) is 0. The summed E-state index contributed by atoms with van der Waals surface area (Å²) in [5.41, 5.74) is -0.0209. The fraction of sp³-hybridized carbons (Fsp3) is 0.429. The Morgan fingerprint density at radius 1 is 1.25 bits per heavy atom. The van der Waals surface area contributed by atoms with Crippen LogP contribution in [-0.2, 0) is 6.18 Å². The summed E-state index contributed by atoms with van der Waals surface area (Å²) in [6.45, 7) is 7.04. The second kappa shape index (κ2) is 6.28. The number of benzene rings is 1. The quantitative estimate of drug-likeness (QED) is 0.839. The fourth-order valence-electron chi connectivity index (χ4n) is 2.40. The van der Waals surface area contributed by atoms with Crippen LogP contribution in [0.2, 0.25) is 0 Å². The Bertz CT molecular complexity index is 482. The van der Waals surface area contributed by atoms with Crippen LogP contribution in [0.25, 0.3) is 0 Å². The fourth-order valence-corrected chi connectivity index (χ4v) is 2.91. The molecule has 110 valence electrons. The van der Waals surface area contributed by atoms with E-state index < -0.39 is 11.7 Å². The van der Waals surface area contributed by atoms with Crippen molar-refractivity contribution in [3.05, 3.63) is 46.5 Å². The van der Waals surface area contributed by atoms with Crippen LogP contribution in [0.5, 0.6) is 0 Å². The molecule has 0 spiro atoms. The highest BCUT2D eigenvalue weighted by Gasteiger charge is 2.32. The molecule has 0 bridgehead atoms. The third-order valence-electron chi connectivity index (χ3n) is 3.36. The van der Waals surface area contributed by atoms with E-state index >= 15 is 0 Å². The molecule has 1 fully saturated rings. The summed E-state index contributed by atoms with van der Waals surface area (Å²) < 4.78 is 39.1. The van der Waals surface area contributed by atoms with E-state index in [4.69, 9.17) is 0 Å². The topological polar surface area (TPSA) is 15.3 Å². The van der Waals surface area contributed by atoms with Crippen molar-refractivity contribution < 1.29 is 13.2 Å². The highest BCUT2D eigenvalue weighted by Crippen LogP contribution is 2.34. The average molecular weight is 349 g/mol. The number of hydrogen-bond donors (Lipinski definition) is 1. The molecule has 0 aromatic heterocycles. The Morgan fingerprint density at radius 3 is 2.45 bits per heavy atom. The first-order valence-electron chi connectivity index (χ1n) is 6.37. The molecule has 2 rings (SSSR count). The van der Waals surface area contributed by atoms with E-state index in [1.807, 2.05) is 0 Å². The van der Waals surface area contributed by atoms with Crippen molar-refractivity contribution in [3.63, 3.8) is 0 Å². The Balaban J connectivity index is 2.33. The minimum Gasteiger partial charge on any atom is -0.314 e. The maximum absolute atomic E-state index is 12.9. The predicted molar refractivity (Wildman–Crippen MR) is 76.5 cm³/mol. The average Bonchev–Trinajstić information content (AvgIpc) is 2.39. The summed E-state index contributed by atoms with van der Waals surface area (Å²) in [4.78, 5) is 2.13. The molecule has 6 heteroatoms. The van der Waals surface area contributed by atoms with Gasteiger partial charge in [0.2, 0.25) is 0 Å². The number of nitrogens with one attached hydrogen (secondary N) is 1. The largest absolute Gasteiger partial charge is 0.416 e. The van der Waals surface area contributed by atoms with Crippen LogP contribution < -0.4 is 5.32 Å². The van der Waals surface area contributed by atoms with Gasteiger partial charge in [-0.2, -0.15) is 13.2 Å². The molecule has 1 aliphatic heterocycles. The maximum Gasteiger partial charge on any atom is 0.416 e. The van der Waals surface area contributed by atoms with Gasteiger partial charge in [0.05, 0.1) is 11.6 Å². The van der Waals surface area contributed by atoms with Crippen LogP contribution in [0, 0.1) is 0 Å². The summed E-state index contributed by atoms with van der Waals surface area (Å²) in [6, 6.07) is 3.83. The number of nitrogens with zero attached hydrogens (tertiary/aromatic N) is 1. The minimum atomic E-state index is -4.34. The first-order valence-corrected chi connectivity index (χ1v) is 7.16. The normalized spacial score (nSPS) is 18.8. The monoisotopic (exact) mass is 348 g/mol. The highest BCUT2D eigenvalue weighted by atomic mass is 79.9. The van der Waals surface area contributed by atoms with Gasteiger partial charge in [-0.25, -0.2) is 0 Å². The van der Waals surface area contributed by atoms with Gasteiger partial charge in [0, 0.05) is 30.7 Å². The molecule has 1 aromatic carbocycles. The third kappa shape index (κ3) is 3.62. The van der Waals surface area contributed by atoms with Crippen LogP contribution in [0.3, 0.4) is 0 Å². The van der Waals surface area contributed by atoms with Gasteiger partial charge in [0.25, 0.3) is 0 Å². The second-order valence-electron chi connectivity index (χ2n) is 4.74. The van der Waals surface area contributed by atoms with Gasteiger partial charge in [-0.3, -0.25) is 4.90 Å². The first kappa shape index (κ1) is 15.5. The van der Waals surface area contributed by atoms with Crippen LogP contribution in [-0.4, -0.2) is 31.1 Å². The van der Waals surface area contributed by atoms with E-state index in [1.165, 1.54) is 6.07 Å². The molecule has 0 radical (unpaired) electrons. The molecule has 1 aliphatic rings. The standard InChI is InChI=1S/C14H16BrF3N2/c1-2-13(20-5-3-19-4-6-20)10-7-11(14(16,17)18)9-12(15)8-10/h2,7-9,13,19H,1,3-6H2/t13-/m0/s1. The number of hydrogen-bond acceptors (Lipinski definition) is 2. The molecule has 1 atom stereocenters. The lowest BCUT2D eigenvalue weighted by Crippen LogP contribution is -2.44. The van der Waals surface area contributed by atoms with Gasteiger partial charge in [-0.1, -0.05) is 22.0 Å². The van der Waals surface area contributed by atoms with E-state index in [-0.39, 0.29) is 6.04 Å². The third-order valence-corrected chi connectivity index (χ3v) is 3.82. The Hall–Kier alpha value is -0.850. The minimum absolute atomic E-state index is 0.198. The van der Waals surface area contributed by atoms with Crippen molar-refractivity contribution in [1.82, 2.24) is 10.2 Å². The van der Waals surface area contributed by atoms with Crippen molar-refractivity contribution in [1.29, 1.82) is 0 Å². The van der Waals surface area contributed by atoms with Crippen molar-refractivity contribution in [2.45, 2.75) is 12.2 Å². The summed E-state index contributed by atoms with van der Waals surface area (Å²) in [5, 5.41) is 3.23. The lowest BCUT2D eigenvalue weighted by Gasteiger charge is -2.33. The molecule has 0 amide bonds. The van der Waals surface area contributed by atoms with Crippen molar-refractivity contribution in [2.24, 2.45) is 0 Å². The van der Waals surface area contributed by atoms with Gasteiger partial charge in [0.15, 0.2) is 0 Å². The number of piperazine rings is 1. The van der Waals surface area contributed by atoms with Gasteiger partial charge in [-0.05, 0) is 23.8 Å². The Morgan fingerprint density at radius 2 is 1.90 bits per heavy atom. The van der Waals surface area contributed by atoms with Crippen molar-refractivity contribution >= 4 is 15.9 Å². The molecule has 1 saturated heterocycles. The predicted octanol–water partition coefficient (Wildman–Crippen LogP) is 3.60. The maximum atomic E-state index is 12.9. The SMILES string of the molecule is C=C[C@@H](c1cc(Br)cc(C(F)(F)F)c1)N1CCNCC1. The molecule has 1 aromatic rings. The Kier molecular flexibility index (Phi) is 4.88. The van der Waals surface area contributed by atoms with Gasteiger partial charge in [-0.15, -0.1) is 6.58 Å². The highest BCUT2D eigenvalue weighted by molar-refractivity contribution is 9.10. The number of alkyl halides is 3. The Labute approximate surface area is 124 Å². The van der Waals surface area contributed by atoms with E-state index in [1.54, 1.807) is 12.1 Å². The number of halogens is 4. The number of rotatable bonds is 3. The molecule has 0 saturated carbocycles. The van der Waals surface area contributed by atoms with Crippen LogP contribution >= 0.6 is 15.9 Å². The molecular formula is C14H16BrF3N2. The summed E-state index contributed by atoms with van der Waals surface area (Å²) >= 11 is 3.16.